The molecule has 0 aromatic heterocycles. The van der Waals surface area contributed by atoms with E-state index in [1.54, 1.807) is 44.4 Å². The van der Waals surface area contributed by atoms with Crippen LogP contribution in [0.4, 0.5) is 5.69 Å². The summed E-state index contributed by atoms with van der Waals surface area (Å²) >= 11 is 0. The van der Waals surface area contributed by atoms with Crippen molar-refractivity contribution in [1.82, 2.24) is 10.2 Å². The third kappa shape index (κ3) is 6.21. The number of aryl methyl sites for hydroxylation is 1. The first-order chi connectivity index (χ1) is 14.8. The highest BCUT2D eigenvalue weighted by Crippen LogP contribution is 2.21. The van der Waals surface area contributed by atoms with Gasteiger partial charge in [-0.3, -0.25) is 9.52 Å². The summed E-state index contributed by atoms with van der Waals surface area (Å²) in [4.78, 5) is 15.1. The van der Waals surface area contributed by atoms with Crippen molar-refractivity contribution in [2.45, 2.75) is 31.6 Å². The molecular weight excluding hydrogens is 414 g/mol. The molecule has 8 heteroatoms. The van der Waals surface area contributed by atoms with E-state index in [0.717, 1.165) is 25.2 Å². The largest absolute Gasteiger partial charge is 0.497 e. The van der Waals surface area contributed by atoms with Gasteiger partial charge in [-0.1, -0.05) is 13.0 Å². The van der Waals surface area contributed by atoms with Gasteiger partial charge in [0.1, 0.15) is 5.75 Å². The summed E-state index contributed by atoms with van der Waals surface area (Å²) < 4.78 is 33.3. The first-order valence-electron chi connectivity index (χ1n) is 10.6. The number of methoxy groups -OCH3 is 1. The van der Waals surface area contributed by atoms with E-state index in [0.29, 0.717) is 29.5 Å². The molecule has 1 heterocycles. The number of carbonyl (C=O) groups excluding carboxylic acids is 1. The monoisotopic (exact) mass is 445 g/mol. The summed E-state index contributed by atoms with van der Waals surface area (Å²) in [6.45, 7) is 7.50. The maximum Gasteiger partial charge on any atom is 0.261 e. The highest BCUT2D eigenvalue weighted by Gasteiger charge is 2.19. The Labute approximate surface area is 184 Å². The van der Waals surface area contributed by atoms with Crippen LogP contribution in [0.25, 0.3) is 0 Å². The number of hydrogen-bond donors (Lipinski definition) is 2. The van der Waals surface area contributed by atoms with Crippen molar-refractivity contribution in [2.75, 3.05) is 38.0 Å². The van der Waals surface area contributed by atoms with E-state index in [1.165, 1.54) is 25.0 Å². The molecule has 1 aliphatic heterocycles. The van der Waals surface area contributed by atoms with E-state index in [4.69, 9.17) is 4.74 Å². The van der Waals surface area contributed by atoms with Crippen LogP contribution >= 0.6 is 0 Å². The number of benzene rings is 2. The highest BCUT2D eigenvalue weighted by molar-refractivity contribution is 7.92. The van der Waals surface area contributed by atoms with Crippen LogP contribution < -0.4 is 14.8 Å². The van der Waals surface area contributed by atoms with Crippen LogP contribution in [-0.2, 0) is 10.0 Å². The van der Waals surface area contributed by atoms with E-state index in [-0.39, 0.29) is 10.8 Å². The third-order valence-corrected chi connectivity index (χ3v) is 6.94. The van der Waals surface area contributed by atoms with Gasteiger partial charge in [0.2, 0.25) is 0 Å². The Balaban J connectivity index is 1.65. The number of rotatable bonds is 8. The molecule has 1 amide bonds. The maximum atomic E-state index is 12.8. The molecular formula is C23H31N3O4S. The molecule has 2 aromatic carbocycles. The average molecular weight is 446 g/mol. The van der Waals surface area contributed by atoms with E-state index in [2.05, 4.69) is 21.9 Å². The molecule has 7 nitrogen and oxygen atoms in total. The number of nitrogens with one attached hydrogen (secondary N) is 2. The van der Waals surface area contributed by atoms with E-state index >= 15 is 0 Å². The van der Waals surface area contributed by atoms with Crippen molar-refractivity contribution in [3.8, 4) is 5.75 Å². The number of amides is 1. The van der Waals surface area contributed by atoms with Crippen LogP contribution in [-0.4, -0.2) is 52.5 Å². The zero-order valence-electron chi connectivity index (χ0n) is 18.3. The third-order valence-electron chi connectivity index (χ3n) is 5.56. The molecule has 2 N–H and O–H groups in total. The van der Waals surface area contributed by atoms with Gasteiger partial charge in [-0.2, -0.15) is 0 Å². The molecule has 1 fully saturated rings. The fourth-order valence-corrected chi connectivity index (χ4v) is 4.88. The molecule has 1 atom stereocenters. The second kappa shape index (κ2) is 10.2. The summed E-state index contributed by atoms with van der Waals surface area (Å²) in [6, 6.07) is 11.2. The van der Waals surface area contributed by atoms with Crippen LogP contribution in [0.1, 0.15) is 35.7 Å². The SMILES string of the molecule is COc1ccc(NS(=O)(=O)c2ccc(C)c(C(=O)NCCN3CCCC(C)C3)c2)cc1. The number of likely N-dealkylation sites (tertiary alicyclic amines) is 1. The van der Waals surface area contributed by atoms with Gasteiger partial charge in [-0.25, -0.2) is 8.42 Å². The molecule has 0 aliphatic carbocycles. The molecule has 0 spiro atoms. The van der Waals surface area contributed by atoms with Crippen molar-refractivity contribution >= 4 is 21.6 Å². The summed E-state index contributed by atoms with van der Waals surface area (Å²) in [5.74, 6) is 1.06. The maximum absolute atomic E-state index is 12.8. The highest BCUT2D eigenvalue weighted by atomic mass is 32.2. The molecule has 3 rings (SSSR count). The van der Waals surface area contributed by atoms with Gasteiger partial charge < -0.3 is 15.0 Å². The first kappa shape index (κ1) is 23.1. The standard InChI is InChI=1S/C23H31N3O4S/c1-17-5-4-13-26(16-17)14-12-24-23(27)22-15-21(11-6-18(22)2)31(28,29)25-19-7-9-20(30-3)10-8-19/h6-11,15,17,25H,4-5,12-14,16H2,1-3H3,(H,24,27). The molecule has 2 aromatic rings. The van der Waals surface area contributed by atoms with Gasteiger partial charge in [-0.15, -0.1) is 0 Å². The Bertz CT molecular complexity index is 1010. The van der Waals surface area contributed by atoms with Crippen molar-refractivity contribution in [1.29, 1.82) is 0 Å². The molecule has 168 valence electrons. The number of ether oxygens (including phenoxy) is 1. The molecule has 0 radical (unpaired) electrons. The van der Waals surface area contributed by atoms with E-state index in [9.17, 15) is 13.2 Å². The van der Waals surface area contributed by atoms with Crippen molar-refractivity contribution in [2.24, 2.45) is 5.92 Å². The lowest BCUT2D eigenvalue weighted by atomic mass is 10.0. The Morgan fingerprint density at radius 3 is 2.61 bits per heavy atom. The number of piperidine rings is 1. The molecule has 1 aliphatic rings. The molecule has 31 heavy (non-hydrogen) atoms. The Hall–Kier alpha value is -2.58. The number of sulfonamides is 1. The fourth-order valence-electron chi connectivity index (χ4n) is 3.80. The second-order valence-corrected chi connectivity index (χ2v) is 9.80. The normalized spacial score (nSPS) is 17.2. The zero-order chi connectivity index (χ0) is 22.4. The van der Waals surface area contributed by atoms with Gasteiger partial charge in [0.25, 0.3) is 15.9 Å². The summed E-state index contributed by atoms with van der Waals surface area (Å²) in [7, 11) is -2.28. The summed E-state index contributed by atoms with van der Waals surface area (Å²) in [6.07, 6.45) is 2.45. The lowest BCUT2D eigenvalue weighted by molar-refractivity contribution is 0.0943. The van der Waals surface area contributed by atoms with Gasteiger partial charge in [-0.05, 0) is 74.2 Å². The van der Waals surface area contributed by atoms with E-state index < -0.39 is 10.0 Å². The van der Waals surface area contributed by atoms with Crippen LogP contribution in [0, 0.1) is 12.8 Å². The zero-order valence-corrected chi connectivity index (χ0v) is 19.2. The number of nitrogens with zero attached hydrogens (tertiary/aromatic N) is 1. The first-order valence-corrected chi connectivity index (χ1v) is 12.0. The van der Waals surface area contributed by atoms with Crippen LogP contribution in [0.15, 0.2) is 47.4 Å². The topological polar surface area (TPSA) is 87.7 Å². The smallest absolute Gasteiger partial charge is 0.261 e. The van der Waals surface area contributed by atoms with Crippen molar-refractivity contribution < 1.29 is 17.9 Å². The lowest BCUT2D eigenvalue weighted by Crippen LogP contribution is -2.40. The quantitative estimate of drug-likeness (QED) is 0.651. The van der Waals surface area contributed by atoms with Gasteiger partial charge >= 0.3 is 0 Å². The molecule has 1 unspecified atom stereocenters. The summed E-state index contributed by atoms with van der Waals surface area (Å²) in [5, 5.41) is 2.93. The second-order valence-electron chi connectivity index (χ2n) is 8.11. The van der Waals surface area contributed by atoms with Gasteiger partial charge in [0.15, 0.2) is 0 Å². The number of carbonyl (C=O) groups is 1. The Kier molecular flexibility index (Phi) is 7.56. The van der Waals surface area contributed by atoms with Crippen molar-refractivity contribution in [3.63, 3.8) is 0 Å². The van der Waals surface area contributed by atoms with Crippen LogP contribution in [0.2, 0.25) is 0 Å². The Morgan fingerprint density at radius 2 is 1.94 bits per heavy atom. The predicted octanol–water partition coefficient (Wildman–Crippen LogP) is 3.27. The minimum atomic E-state index is -3.83. The minimum absolute atomic E-state index is 0.0453. The minimum Gasteiger partial charge on any atom is -0.497 e. The molecule has 0 bridgehead atoms. The van der Waals surface area contributed by atoms with Crippen LogP contribution in [0.3, 0.4) is 0 Å². The predicted molar refractivity (Wildman–Crippen MR) is 122 cm³/mol. The Morgan fingerprint density at radius 1 is 1.19 bits per heavy atom. The van der Waals surface area contributed by atoms with E-state index in [1.807, 2.05) is 0 Å². The fraction of sp³-hybridized carbons (Fsp3) is 0.435. The van der Waals surface area contributed by atoms with Crippen LogP contribution in [0.5, 0.6) is 5.75 Å². The number of hydrogen-bond acceptors (Lipinski definition) is 5. The van der Waals surface area contributed by atoms with Crippen molar-refractivity contribution in [3.05, 3.63) is 53.6 Å². The van der Waals surface area contributed by atoms with Gasteiger partial charge in [0.05, 0.1) is 12.0 Å². The summed E-state index contributed by atoms with van der Waals surface area (Å²) in [5.41, 5.74) is 1.51. The molecule has 0 saturated carbocycles. The number of anilines is 1. The average Bonchev–Trinajstić information content (AvgIpc) is 2.74. The van der Waals surface area contributed by atoms with Gasteiger partial charge in [0, 0.05) is 30.9 Å². The lowest BCUT2D eigenvalue weighted by Gasteiger charge is -2.30. The molecule has 1 saturated heterocycles.